The number of hydrogen-bond donors (Lipinski definition) is 3. The Hall–Kier alpha value is -1.07. The molecule has 6 heteroatoms. The number of aryl methyl sites for hydroxylation is 1. The summed E-state index contributed by atoms with van der Waals surface area (Å²) in [5, 5.41) is 10.4. The van der Waals surface area contributed by atoms with Gasteiger partial charge in [0.05, 0.1) is 23.9 Å². The number of nitrogens with one attached hydrogen (secondary N) is 2. The Labute approximate surface area is 130 Å². The van der Waals surface area contributed by atoms with E-state index < -0.39 is 0 Å². The smallest absolute Gasteiger partial charge is 0.225 e. The normalized spacial score (nSPS) is 36.9. The topological polar surface area (TPSA) is 83.8 Å². The molecule has 0 aromatic carbocycles. The van der Waals surface area contributed by atoms with Gasteiger partial charge in [-0.2, -0.15) is 5.10 Å². The Bertz CT molecular complexity index is 529. The van der Waals surface area contributed by atoms with Crippen molar-refractivity contribution in [2.24, 2.45) is 23.5 Å². The van der Waals surface area contributed by atoms with Crippen molar-refractivity contribution in [1.29, 1.82) is 0 Å². The van der Waals surface area contributed by atoms with E-state index in [1.807, 2.05) is 6.20 Å². The molecule has 3 aliphatic rings. The van der Waals surface area contributed by atoms with Gasteiger partial charge in [-0.25, -0.2) is 0 Å². The van der Waals surface area contributed by atoms with Gasteiger partial charge < -0.3 is 11.1 Å². The maximum atomic E-state index is 12.6. The number of aromatic amines is 1. The predicted octanol–water partition coefficient (Wildman–Crippen LogP) is 1.70. The van der Waals surface area contributed by atoms with Gasteiger partial charge in [-0.3, -0.25) is 9.89 Å². The second-order valence-corrected chi connectivity index (χ2v) is 6.70. The number of nitrogens with zero attached hydrogens (tertiary/aromatic N) is 1. The van der Waals surface area contributed by atoms with Gasteiger partial charge in [-0.1, -0.05) is 0 Å². The van der Waals surface area contributed by atoms with Gasteiger partial charge in [-0.05, 0) is 55.9 Å². The van der Waals surface area contributed by atoms with Gasteiger partial charge in [0.25, 0.3) is 0 Å². The summed E-state index contributed by atoms with van der Waals surface area (Å²) in [6.45, 7) is 0. The molecule has 4 N–H and O–H groups in total. The van der Waals surface area contributed by atoms with Crippen molar-refractivity contribution in [2.45, 2.75) is 50.6 Å². The van der Waals surface area contributed by atoms with Gasteiger partial charge in [0, 0.05) is 6.04 Å². The molecule has 2 fully saturated rings. The van der Waals surface area contributed by atoms with E-state index in [4.69, 9.17) is 5.73 Å². The number of aromatic nitrogens is 2. The molecular weight excluding hydrogens is 288 g/mol. The molecule has 4 rings (SSSR count). The first-order chi connectivity index (χ1) is 9.74. The van der Waals surface area contributed by atoms with Crippen molar-refractivity contribution in [3.8, 4) is 0 Å². The lowest BCUT2D eigenvalue weighted by molar-refractivity contribution is -0.128. The molecule has 1 aromatic rings. The van der Waals surface area contributed by atoms with Gasteiger partial charge in [0.1, 0.15) is 0 Å². The van der Waals surface area contributed by atoms with Crippen LogP contribution in [-0.4, -0.2) is 22.1 Å². The molecule has 5 nitrogen and oxygen atoms in total. The summed E-state index contributed by atoms with van der Waals surface area (Å²) in [5.41, 5.74) is 8.61. The molecule has 116 valence electrons. The Morgan fingerprint density at radius 2 is 2.14 bits per heavy atom. The third-order valence-corrected chi connectivity index (χ3v) is 5.64. The fraction of sp³-hybridized carbons (Fsp3) is 0.733. The van der Waals surface area contributed by atoms with Crippen LogP contribution >= 0.6 is 12.4 Å². The molecule has 1 aromatic heterocycles. The van der Waals surface area contributed by atoms with Gasteiger partial charge >= 0.3 is 0 Å². The number of rotatable bonds is 2. The standard InChI is InChI=1S/C15H22N4O.ClH/c16-13-9-5-4-8(6-9)12(13)15(20)18-11-3-1-2-10-7-17-19-14(10)11;/h7-9,11-13H,1-6,16H2,(H,17,19)(H,18,20);1H. The lowest BCUT2D eigenvalue weighted by Crippen LogP contribution is -2.46. The minimum absolute atomic E-state index is 0. The first-order valence-corrected chi connectivity index (χ1v) is 7.82. The predicted molar refractivity (Wildman–Crippen MR) is 82.0 cm³/mol. The van der Waals surface area contributed by atoms with Crippen molar-refractivity contribution in [3.05, 3.63) is 17.5 Å². The van der Waals surface area contributed by atoms with Crippen LogP contribution in [0.5, 0.6) is 0 Å². The first kappa shape index (κ1) is 14.9. The molecule has 3 aliphatic carbocycles. The Balaban J connectivity index is 0.00000132. The van der Waals surface area contributed by atoms with E-state index in [0.717, 1.165) is 31.4 Å². The van der Waals surface area contributed by atoms with Crippen LogP contribution in [0.4, 0.5) is 0 Å². The zero-order valence-electron chi connectivity index (χ0n) is 12.0. The lowest BCUT2D eigenvalue weighted by Gasteiger charge is -2.30. The lowest BCUT2D eigenvalue weighted by atomic mass is 9.83. The molecule has 2 bridgehead atoms. The first-order valence-electron chi connectivity index (χ1n) is 7.82. The van der Waals surface area contributed by atoms with E-state index in [2.05, 4.69) is 15.5 Å². The van der Waals surface area contributed by atoms with E-state index in [1.54, 1.807) is 0 Å². The summed E-state index contributed by atoms with van der Waals surface area (Å²) < 4.78 is 0. The second kappa shape index (κ2) is 5.61. The molecule has 0 aliphatic heterocycles. The SMILES string of the molecule is Cl.NC1C2CCC(C2)C1C(=O)NC1CCCc2cn[nH]c21. The average molecular weight is 311 g/mol. The van der Waals surface area contributed by atoms with Crippen molar-refractivity contribution in [1.82, 2.24) is 15.5 Å². The summed E-state index contributed by atoms with van der Waals surface area (Å²) >= 11 is 0. The summed E-state index contributed by atoms with van der Waals surface area (Å²) in [7, 11) is 0. The van der Waals surface area contributed by atoms with Crippen LogP contribution in [0, 0.1) is 17.8 Å². The number of hydrogen-bond acceptors (Lipinski definition) is 3. The van der Waals surface area contributed by atoms with Gasteiger partial charge in [-0.15, -0.1) is 12.4 Å². The minimum atomic E-state index is 0. The van der Waals surface area contributed by atoms with E-state index >= 15 is 0 Å². The number of carbonyl (C=O) groups is 1. The van der Waals surface area contributed by atoms with Crippen molar-refractivity contribution in [3.63, 3.8) is 0 Å². The van der Waals surface area contributed by atoms with Crippen LogP contribution in [0.25, 0.3) is 0 Å². The highest BCUT2D eigenvalue weighted by Crippen LogP contribution is 2.47. The van der Waals surface area contributed by atoms with E-state index in [-0.39, 0.29) is 36.3 Å². The monoisotopic (exact) mass is 310 g/mol. The molecule has 1 amide bonds. The van der Waals surface area contributed by atoms with Crippen LogP contribution in [0.15, 0.2) is 6.20 Å². The van der Waals surface area contributed by atoms with Crippen molar-refractivity contribution in [2.75, 3.05) is 0 Å². The fourth-order valence-corrected chi connectivity index (χ4v) is 4.60. The summed E-state index contributed by atoms with van der Waals surface area (Å²) in [4.78, 5) is 12.6. The summed E-state index contributed by atoms with van der Waals surface area (Å²) in [6, 6.07) is 0.165. The zero-order valence-corrected chi connectivity index (χ0v) is 12.9. The maximum Gasteiger partial charge on any atom is 0.225 e. The Morgan fingerprint density at radius 3 is 2.90 bits per heavy atom. The molecule has 2 saturated carbocycles. The average Bonchev–Trinajstić information content (AvgIpc) is 3.13. The zero-order chi connectivity index (χ0) is 13.7. The largest absolute Gasteiger partial charge is 0.347 e. The number of halogens is 1. The van der Waals surface area contributed by atoms with Crippen LogP contribution < -0.4 is 11.1 Å². The van der Waals surface area contributed by atoms with E-state index in [9.17, 15) is 4.79 Å². The number of amides is 1. The summed E-state index contributed by atoms with van der Waals surface area (Å²) in [6.07, 6.45) is 8.60. The number of carbonyl (C=O) groups excluding carboxylic acids is 1. The van der Waals surface area contributed by atoms with Crippen LogP contribution in [0.1, 0.15) is 49.4 Å². The van der Waals surface area contributed by atoms with Crippen molar-refractivity contribution < 1.29 is 4.79 Å². The highest BCUT2D eigenvalue weighted by molar-refractivity contribution is 5.85. The Morgan fingerprint density at radius 1 is 1.33 bits per heavy atom. The molecule has 0 spiro atoms. The van der Waals surface area contributed by atoms with Gasteiger partial charge in [0.15, 0.2) is 0 Å². The highest BCUT2D eigenvalue weighted by atomic mass is 35.5. The van der Waals surface area contributed by atoms with Crippen molar-refractivity contribution >= 4 is 18.3 Å². The Kier molecular flexibility index (Phi) is 3.97. The highest BCUT2D eigenvalue weighted by Gasteiger charge is 2.49. The molecule has 0 saturated heterocycles. The maximum absolute atomic E-state index is 12.6. The second-order valence-electron chi connectivity index (χ2n) is 6.70. The molecular formula is C15H23ClN4O. The van der Waals surface area contributed by atoms with Crippen LogP contribution in [0.3, 0.4) is 0 Å². The van der Waals surface area contributed by atoms with Gasteiger partial charge in [0.2, 0.25) is 5.91 Å². The quantitative estimate of drug-likeness (QED) is 0.777. The third-order valence-electron chi connectivity index (χ3n) is 5.64. The molecule has 21 heavy (non-hydrogen) atoms. The number of H-pyrrole nitrogens is 1. The molecule has 5 unspecified atom stereocenters. The summed E-state index contributed by atoms with van der Waals surface area (Å²) in [5.74, 6) is 1.28. The number of nitrogens with two attached hydrogens (primary N) is 1. The molecule has 5 atom stereocenters. The van der Waals surface area contributed by atoms with Crippen LogP contribution in [0.2, 0.25) is 0 Å². The van der Waals surface area contributed by atoms with E-state index in [0.29, 0.717) is 11.8 Å². The number of fused-ring (bicyclic) bond motifs is 3. The molecule has 1 heterocycles. The minimum Gasteiger partial charge on any atom is -0.347 e. The molecule has 0 radical (unpaired) electrons. The third kappa shape index (κ3) is 2.36. The van der Waals surface area contributed by atoms with E-state index in [1.165, 1.54) is 18.4 Å². The fourth-order valence-electron chi connectivity index (χ4n) is 4.60. The van der Waals surface area contributed by atoms with Crippen LogP contribution in [-0.2, 0) is 11.2 Å².